The van der Waals surface area contributed by atoms with Crippen molar-refractivity contribution in [1.82, 2.24) is 10.7 Å². The third kappa shape index (κ3) is 3.28. The Morgan fingerprint density at radius 2 is 1.76 bits per heavy atom. The molecule has 0 aliphatic rings. The van der Waals surface area contributed by atoms with E-state index in [4.69, 9.17) is 5.84 Å². The normalized spacial score (nSPS) is 11.9. The quantitative estimate of drug-likeness (QED) is 0.316. The Labute approximate surface area is 105 Å². The zero-order valence-electron chi connectivity index (χ0n) is 11.6. The van der Waals surface area contributed by atoms with Gasteiger partial charge in [0.2, 0.25) is 0 Å². The second-order valence-corrected chi connectivity index (χ2v) is 5.37. The van der Waals surface area contributed by atoms with Crippen LogP contribution in [0.15, 0.2) is 12.1 Å². The Kier molecular flexibility index (Phi) is 4.69. The van der Waals surface area contributed by atoms with E-state index >= 15 is 0 Å². The van der Waals surface area contributed by atoms with Crippen molar-refractivity contribution in [3.63, 3.8) is 0 Å². The van der Waals surface area contributed by atoms with Gasteiger partial charge < -0.3 is 5.32 Å². The topological polar surface area (TPSA) is 50.1 Å². The predicted molar refractivity (Wildman–Crippen MR) is 73.9 cm³/mol. The zero-order valence-corrected chi connectivity index (χ0v) is 11.6. The maximum atomic E-state index is 5.26. The van der Waals surface area contributed by atoms with Gasteiger partial charge in [0.25, 0.3) is 0 Å². The molecule has 0 fully saturated rings. The molecule has 0 aliphatic heterocycles. The first-order valence-corrected chi connectivity index (χ1v) is 6.11. The van der Waals surface area contributed by atoms with E-state index in [-0.39, 0.29) is 5.41 Å². The molecule has 1 rings (SSSR count). The summed E-state index contributed by atoms with van der Waals surface area (Å²) < 4.78 is 0. The maximum absolute atomic E-state index is 5.26. The molecule has 0 aliphatic carbocycles. The van der Waals surface area contributed by atoms with E-state index in [0.29, 0.717) is 6.67 Å². The van der Waals surface area contributed by atoms with Crippen LogP contribution in [0, 0.1) is 20.8 Å². The highest BCUT2D eigenvalue weighted by atomic mass is 15.3. The van der Waals surface area contributed by atoms with Crippen molar-refractivity contribution in [3.8, 4) is 0 Å². The number of hydrogen-bond donors (Lipinski definition) is 3. The Morgan fingerprint density at radius 3 is 2.35 bits per heavy atom. The van der Waals surface area contributed by atoms with Crippen LogP contribution in [-0.4, -0.2) is 13.2 Å². The van der Waals surface area contributed by atoms with Crippen molar-refractivity contribution in [3.05, 3.63) is 34.4 Å². The second-order valence-electron chi connectivity index (χ2n) is 5.37. The van der Waals surface area contributed by atoms with E-state index in [1.807, 2.05) is 0 Å². The van der Waals surface area contributed by atoms with Gasteiger partial charge in [-0.3, -0.25) is 5.84 Å². The van der Waals surface area contributed by atoms with E-state index < -0.39 is 0 Å². The molecule has 0 unspecified atom stereocenters. The largest absolute Gasteiger partial charge is 0.303 e. The van der Waals surface area contributed by atoms with Crippen LogP contribution in [0.5, 0.6) is 0 Å². The molecule has 17 heavy (non-hydrogen) atoms. The SMILES string of the molecule is Cc1ccc(C(C)(C)CNCNN)c(C)c1C. The minimum absolute atomic E-state index is 0.111. The summed E-state index contributed by atoms with van der Waals surface area (Å²) in [6.45, 7) is 12.6. The van der Waals surface area contributed by atoms with E-state index in [0.717, 1.165) is 6.54 Å². The molecule has 0 saturated carbocycles. The summed E-state index contributed by atoms with van der Waals surface area (Å²) in [5.41, 5.74) is 8.29. The standard InChI is InChI=1S/C14H25N3/c1-10-6-7-13(12(3)11(10)2)14(4,5)8-16-9-17-15/h6-7,16-17H,8-9,15H2,1-5H3. The van der Waals surface area contributed by atoms with E-state index in [2.05, 4.69) is 57.5 Å². The van der Waals surface area contributed by atoms with Crippen LogP contribution < -0.4 is 16.6 Å². The predicted octanol–water partition coefficient (Wildman–Crippen LogP) is 1.90. The Morgan fingerprint density at radius 1 is 1.12 bits per heavy atom. The van der Waals surface area contributed by atoms with Crippen molar-refractivity contribution < 1.29 is 0 Å². The van der Waals surface area contributed by atoms with Gasteiger partial charge in [0.15, 0.2) is 0 Å². The van der Waals surface area contributed by atoms with E-state index in [1.165, 1.54) is 22.3 Å². The first-order chi connectivity index (χ1) is 7.90. The minimum Gasteiger partial charge on any atom is -0.303 e. The van der Waals surface area contributed by atoms with Gasteiger partial charge in [0, 0.05) is 12.0 Å². The van der Waals surface area contributed by atoms with Crippen LogP contribution in [0.2, 0.25) is 0 Å². The molecule has 0 heterocycles. The van der Waals surface area contributed by atoms with Crippen molar-refractivity contribution in [2.45, 2.75) is 40.0 Å². The molecule has 0 amide bonds. The molecule has 0 spiro atoms. The monoisotopic (exact) mass is 235 g/mol. The zero-order chi connectivity index (χ0) is 13.1. The van der Waals surface area contributed by atoms with Crippen LogP contribution in [0.1, 0.15) is 36.1 Å². The number of aryl methyl sites for hydroxylation is 1. The van der Waals surface area contributed by atoms with Crippen molar-refractivity contribution in [1.29, 1.82) is 0 Å². The van der Waals surface area contributed by atoms with Gasteiger partial charge in [0.05, 0.1) is 6.67 Å². The lowest BCUT2D eigenvalue weighted by molar-refractivity contribution is 0.452. The first-order valence-electron chi connectivity index (χ1n) is 6.11. The average molecular weight is 235 g/mol. The highest BCUT2D eigenvalue weighted by Gasteiger charge is 2.22. The number of nitrogens with two attached hydrogens (primary N) is 1. The van der Waals surface area contributed by atoms with Crippen LogP contribution in [0.3, 0.4) is 0 Å². The fraction of sp³-hybridized carbons (Fsp3) is 0.571. The van der Waals surface area contributed by atoms with E-state index in [1.54, 1.807) is 0 Å². The van der Waals surface area contributed by atoms with Crippen LogP contribution in [0.4, 0.5) is 0 Å². The molecule has 0 bridgehead atoms. The maximum Gasteiger partial charge on any atom is 0.0587 e. The van der Waals surface area contributed by atoms with Crippen molar-refractivity contribution in [2.24, 2.45) is 5.84 Å². The summed E-state index contributed by atoms with van der Waals surface area (Å²) in [6, 6.07) is 4.45. The van der Waals surface area contributed by atoms with Crippen LogP contribution in [-0.2, 0) is 5.41 Å². The summed E-state index contributed by atoms with van der Waals surface area (Å²) in [6.07, 6.45) is 0. The Bertz CT molecular complexity index is 383. The second kappa shape index (κ2) is 5.63. The summed E-state index contributed by atoms with van der Waals surface area (Å²) in [5, 5.41) is 3.30. The summed E-state index contributed by atoms with van der Waals surface area (Å²) in [7, 11) is 0. The first kappa shape index (κ1) is 14.2. The molecule has 96 valence electrons. The number of hydrazine groups is 1. The lowest BCUT2D eigenvalue weighted by Crippen LogP contribution is -2.40. The lowest BCUT2D eigenvalue weighted by atomic mass is 9.80. The third-order valence-electron chi connectivity index (χ3n) is 3.58. The molecule has 3 heteroatoms. The summed E-state index contributed by atoms with van der Waals surface area (Å²) in [4.78, 5) is 0. The van der Waals surface area contributed by atoms with Gasteiger partial charge in [-0.05, 0) is 43.0 Å². The fourth-order valence-corrected chi connectivity index (χ4v) is 2.23. The molecule has 0 saturated heterocycles. The smallest absolute Gasteiger partial charge is 0.0587 e. The minimum atomic E-state index is 0.111. The number of rotatable bonds is 5. The number of nitrogens with one attached hydrogen (secondary N) is 2. The van der Waals surface area contributed by atoms with Gasteiger partial charge in [-0.25, -0.2) is 5.43 Å². The van der Waals surface area contributed by atoms with Gasteiger partial charge in [-0.2, -0.15) is 0 Å². The lowest BCUT2D eigenvalue weighted by Gasteiger charge is -2.29. The molecular formula is C14H25N3. The molecule has 0 atom stereocenters. The highest BCUT2D eigenvalue weighted by molar-refractivity contribution is 5.42. The molecule has 1 aromatic rings. The summed E-state index contributed by atoms with van der Waals surface area (Å²) in [5.74, 6) is 5.26. The number of benzene rings is 1. The molecule has 4 N–H and O–H groups in total. The van der Waals surface area contributed by atoms with Gasteiger partial charge >= 0.3 is 0 Å². The Hall–Kier alpha value is -0.900. The molecule has 0 aromatic heterocycles. The van der Waals surface area contributed by atoms with E-state index in [9.17, 15) is 0 Å². The fourth-order valence-electron chi connectivity index (χ4n) is 2.23. The van der Waals surface area contributed by atoms with Gasteiger partial charge in [0.1, 0.15) is 0 Å². The van der Waals surface area contributed by atoms with Gasteiger partial charge in [-0.15, -0.1) is 0 Å². The van der Waals surface area contributed by atoms with Gasteiger partial charge in [-0.1, -0.05) is 26.0 Å². The Balaban J connectivity index is 2.94. The van der Waals surface area contributed by atoms with Crippen molar-refractivity contribution >= 4 is 0 Å². The number of hydrogen-bond acceptors (Lipinski definition) is 3. The highest BCUT2D eigenvalue weighted by Crippen LogP contribution is 2.28. The van der Waals surface area contributed by atoms with Crippen LogP contribution >= 0.6 is 0 Å². The van der Waals surface area contributed by atoms with Crippen LogP contribution in [0.25, 0.3) is 0 Å². The molecule has 3 nitrogen and oxygen atoms in total. The molecular weight excluding hydrogens is 210 g/mol. The van der Waals surface area contributed by atoms with Crippen molar-refractivity contribution in [2.75, 3.05) is 13.2 Å². The molecule has 1 aromatic carbocycles. The average Bonchev–Trinajstić information content (AvgIpc) is 2.26. The summed E-state index contributed by atoms with van der Waals surface area (Å²) >= 11 is 0. The molecule has 0 radical (unpaired) electrons. The third-order valence-corrected chi connectivity index (χ3v) is 3.58.